The summed E-state index contributed by atoms with van der Waals surface area (Å²) >= 11 is 0. The van der Waals surface area contributed by atoms with Gasteiger partial charge in [0.2, 0.25) is 0 Å². The molecule has 28 heavy (non-hydrogen) atoms. The molecule has 0 bridgehead atoms. The Hall–Kier alpha value is -3.61. The van der Waals surface area contributed by atoms with Crippen LogP contribution in [-0.2, 0) is 0 Å². The zero-order valence-corrected chi connectivity index (χ0v) is 15.6. The van der Waals surface area contributed by atoms with E-state index in [-0.39, 0.29) is 16.9 Å². The van der Waals surface area contributed by atoms with Gasteiger partial charge in [0.15, 0.2) is 11.2 Å². The fourth-order valence-electron chi connectivity index (χ4n) is 3.43. The van der Waals surface area contributed by atoms with E-state index in [1.807, 2.05) is 26.0 Å². The number of hydrogen-bond donors (Lipinski definition) is 1. The summed E-state index contributed by atoms with van der Waals surface area (Å²) in [7, 11) is 1.43. The van der Waals surface area contributed by atoms with Crippen LogP contribution < -0.4 is 15.9 Å². The molecular weight excluding hydrogens is 361 g/mol. The second-order valence-electron chi connectivity index (χ2n) is 6.53. The standard InChI is InChI=1S/C21H18FN3O3/c1-11-21(12(2)28-24-11)13-4-5-14-17(8-13)25(7-6-19(14)26)18-10-16(23)20(27-3)9-15(18)22/h4-10H,23H2,1-3H3. The molecule has 0 fully saturated rings. The van der Waals surface area contributed by atoms with Crippen molar-refractivity contribution in [3.05, 3.63) is 70.1 Å². The van der Waals surface area contributed by atoms with Crippen LogP contribution in [0.15, 0.2) is 51.9 Å². The molecule has 0 saturated carbocycles. The van der Waals surface area contributed by atoms with Crippen LogP contribution >= 0.6 is 0 Å². The van der Waals surface area contributed by atoms with Crippen molar-refractivity contribution in [3.8, 4) is 22.6 Å². The smallest absolute Gasteiger partial charge is 0.189 e. The van der Waals surface area contributed by atoms with Crippen LogP contribution in [0.25, 0.3) is 27.7 Å². The largest absolute Gasteiger partial charge is 0.494 e. The summed E-state index contributed by atoms with van der Waals surface area (Å²) in [6.45, 7) is 3.67. The van der Waals surface area contributed by atoms with Crippen molar-refractivity contribution in [1.82, 2.24) is 9.72 Å². The van der Waals surface area contributed by atoms with E-state index in [0.717, 1.165) is 16.8 Å². The molecule has 0 spiro atoms. The average Bonchev–Trinajstić information content (AvgIpc) is 3.02. The lowest BCUT2D eigenvalue weighted by molar-refractivity contribution is 0.393. The topological polar surface area (TPSA) is 83.3 Å². The van der Waals surface area contributed by atoms with E-state index in [1.165, 1.54) is 31.5 Å². The highest BCUT2D eigenvalue weighted by atomic mass is 19.1. The van der Waals surface area contributed by atoms with E-state index in [0.29, 0.717) is 22.4 Å². The molecule has 0 aliphatic carbocycles. The normalized spacial score (nSPS) is 11.1. The van der Waals surface area contributed by atoms with Crippen LogP contribution in [0.3, 0.4) is 0 Å². The molecule has 7 heteroatoms. The second kappa shape index (κ2) is 6.53. The first-order chi connectivity index (χ1) is 13.4. The predicted octanol–water partition coefficient (Wildman–Crippen LogP) is 3.99. The van der Waals surface area contributed by atoms with E-state index in [2.05, 4.69) is 5.16 Å². The number of pyridine rings is 1. The number of nitrogens with two attached hydrogens (primary N) is 1. The van der Waals surface area contributed by atoms with Gasteiger partial charge in [0.05, 0.1) is 29.7 Å². The summed E-state index contributed by atoms with van der Waals surface area (Å²) in [5.74, 6) is 0.406. The fourth-order valence-corrected chi connectivity index (χ4v) is 3.43. The van der Waals surface area contributed by atoms with E-state index >= 15 is 0 Å². The number of rotatable bonds is 3. The molecule has 142 valence electrons. The zero-order valence-electron chi connectivity index (χ0n) is 15.6. The Labute approximate surface area is 159 Å². The molecule has 0 saturated heterocycles. The third-order valence-corrected chi connectivity index (χ3v) is 4.78. The van der Waals surface area contributed by atoms with Crippen LogP contribution in [0, 0.1) is 19.7 Å². The van der Waals surface area contributed by atoms with Gasteiger partial charge in [-0.05, 0) is 37.6 Å². The molecule has 4 aromatic rings. The van der Waals surface area contributed by atoms with Gasteiger partial charge in [-0.2, -0.15) is 0 Å². The first-order valence-electron chi connectivity index (χ1n) is 8.62. The van der Waals surface area contributed by atoms with Gasteiger partial charge in [-0.25, -0.2) is 4.39 Å². The summed E-state index contributed by atoms with van der Waals surface area (Å²) < 4.78 is 26.7. The number of hydrogen-bond acceptors (Lipinski definition) is 5. The molecule has 0 aliphatic heterocycles. The van der Waals surface area contributed by atoms with E-state index < -0.39 is 5.82 Å². The van der Waals surface area contributed by atoms with Crippen molar-refractivity contribution in [1.29, 1.82) is 0 Å². The first kappa shape index (κ1) is 17.8. The van der Waals surface area contributed by atoms with Gasteiger partial charge in [-0.3, -0.25) is 4.79 Å². The van der Waals surface area contributed by atoms with Gasteiger partial charge >= 0.3 is 0 Å². The summed E-state index contributed by atoms with van der Waals surface area (Å²) in [5.41, 5.74) is 9.30. The molecule has 0 radical (unpaired) electrons. The number of nitrogens with zero attached hydrogens (tertiary/aromatic N) is 2. The zero-order chi connectivity index (χ0) is 20.0. The van der Waals surface area contributed by atoms with Crippen molar-refractivity contribution in [3.63, 3.8) is 0 Å². The van der Waals surface area contributed by atoms with Crippen LogP contribution in [0.4, 0.5) is 10.1 Å². The Morgan fingerprint density at radius 2 is 1.96 bits per heavy atom. The Morgan fingerprint density at radius 3 is 2.64 bits per heavy atom. The highest BCUT2D eigenvalue weighted by molar-refractivity contribution is 5.86. The maximum atomic E-state index is 14.8. The lowest BCUT2D eigenvalue weighted by Gasteiger charge is -2.15. The number of aryl methyl sites for hydroxylation is 2. The van der Waals surface area contributed by atoms with Gasteiger partial charge in [-0.15, -0.1) is 0 Å². The fraction of sp³-hybridized carbons (Fsp3) is 0.143. The Kier molecular flexibility index (Phi) is 4.15. The van der Waals surface area contributed by atoms with Gasteiger partial charge in [0, 0.05) is 29.3 Å². The first-order valence-corrected chi connectivity index (χ1v) is 8.62. The molecule has 0 atom stereocenters. The van der Waals surface area contributed by atoms with Crippen molar-refractivity contribution in [2.45, 2.75) is 13.8 Å². The third kappa shape index (κ3) is 2.72. The number of ether oxygens (including phenoxy) is 1. The highest BCUT2D eigenvalue weighted by Crippen LogP contribution is 2.32. The number of aromatic nitrogens is 2. The minimum atomic E-state index is -0.515. The molecule has 0 unspecified atom stereocenters. The van der Waals surface area contributed by atoms with Crippen molar-refractivity contribution < 1.29 is 13.7 Å². The minimum absolute atomic E-state index is 0.154. The number of anilines is 1. The monoisotopic (exact) mass is 379 g/mol. The Balaban J connectivity index is 2.03. The number of benzene rings is 2. The summed E-state index contributed by atoms with van der Waals surface area (Å²) in [5, 5.41) is 4.45. The molecule has 2 heterocycles. The molecule has 2 N–H and O–H groups in total. The predicted molar refractivity (Wildman–Crippen MR) is 105 cm³/mol. The molecule has 4 rings (SSSR count). The number of methoxy groups -OCH3 is 1. The van der Waals surface area contributed by atoms with Crippen LogP contribution in [0.5, 0.6) is 5.75 Å². The van der Waals surface area contributed by atoms with Crippen LogP contribution in [-0.4, -0.2) is 16.8 Å². The maximum Gasteiger partial charge on any atom is 0.189 e. The lowest BCUT2D eigenvalue weighted by atomic mass is 10.0. The molecule has 0 amide bonds. The molecular formula is C21H18FN3O3. The molecule has 0 aliphatic rings. The van der Waals surface area contributed by atoms with E-state index in [1.54, 1.807) is 10.6 Å². The summed E-state index contributed by atoms with van der Waals surface area (Å²) in [6, 6.07) is 9.49. The second-order valence-corrected chi connectivity index (χ2v) is 6.53. The average molecular weight is 379 g/mol. The number of halogens is 1. The summed E-state index contributed by atoms with van der Waals surface area (Å²) in [6.07, 6.45) is 1.53. The number of fused-ring (bicyclic) bond motifs is 1. The highest BCUT2D eigenvalue weighted by Gasteiger charge is 2.16. The molecule has 2 aromatic heterocycles. The van der Waals surface area contributed by atoms with Gasteiger partial charge in [0.1, 0.15) is 11.5 Å². The van der Waals surface area contributed by atoms with Crippen LogP contribution in [0.1, 0.15) is 11.5 Å². The van der Waals surface area contributed by atoms with Gasteiger partial charge in [-0.1, -0.05) is 11.2 Å². The SMILES string of the molecule is COc1cc(F)c(-n2ccc(=O)c3ccc(-c4c(C)noc4C)cc32)cc1N. The molecule has 6 nitrogen and oxygen atoms in total. The third-order valence-electron chi connectivity index (χ3n) is 4.78. The van der Waals surface area contributed by atoms with E-state index in [4.69, 9.17) is 15.0 Å². The van der Waals surface area contributed by atoms with Crippen molar-refractivity contribution in [2.24, 2.45) is 0 Å². The Morgan fingerprint density at radius 1 is 1.18 bits per heavy atom. The number of nitrogen functional groups attached to an aromatic ring is 1. The Bertz CT molecular complexity index is 1250. The van der Waals surface area contributed by atoms with Crippen molar-refractivity contribution >= 4 is 16.6 Å². The molecule has 2 aromatic carbocycles. The quantitative estimate of drug-likeness (QED) is 0.544. The van der Waals surface area contributed by atoms with Gasteiger partial charge < -0.3 is 19.6 Å². The van der Waals surface area contributed by atoms with Gasteiger partial charge in [0.25, 0.3) is 0 Å². The van der Waals surface area contributed by atoms with Crippen LogP contribution in [0.2, 0.25) is 0 Å². The lowest BCUT2D eigenvalue weighted by Crippen LogP contribution is -2.09. The summed E-state index contributed by atoms with van der Waals surface area (Å²) in [4.78, 5) is 12.4. The van der Waals surface area contributed by atoms with Crippen molar-refractivity contribution in [2.75, 3.05) is 12.8 Å². The maximum absolute atomic E-state index is 14.8. The van der Waals surface area contributed by atoms with E-state index in [9.17, 15) is 9.18 Å². The minimum Gasteiger partial charge on any atom is -0.494 e.